The van der Waals surface area contributed by atoms with Crippen LogP contribution in [-0.2, 0) is 9.53 Å². The van der Waals surface area contributed by atoms with Gasteiger partial charge < -0.3 is 9.84 Å². The average Bonchev–Trinajstić information content (AvgIpc) is 2.25. The van der Waals surface area contributed by atoms with Gasteiger partial charge in [0.15, 0.2) is 0 Å². The van der Waals surface area contributed by atoms with E-state index in [4.69, 9.17) is 5.11 Å². The largest absolute Gasteiger partial charge is 0.452 e. The minimum atomic E-state index is -6.23. The number of ether oxygens (including phenoxy) is 1. The predicted molar refractivity (Wildman–Crippen MR) is 54.5 cm³/mol. The second-order valence-electron chi connectivity index (χ2n) is 4.70. The van der Waals surface area contributed by atoms with E-state index in [1.54, 1.807) is 0 Å². The molecule has 9 heteroatoms. The smallest absolute Gasteiger partial charge is 0.437 e. The molecular formula is C11H12F6O3. The molecule has 0 amide bonds. The van der Waals surface area contributed by atoms with Crippen molar-refractivity contribution < 1.29 is 41.0 Å². The molecule has 0 bridgehead atoms. The lowest BCUT2D eigenvalue weighted by Gasteiger charge is -2.35. The lowest BCUT2D eigenvalue weighted by molar-refractivity contribution is -0.358. The number of carbonyl (C=O) groups excluding carboxylic acids is 1. The number of alkyl halides is 6. The summed E-state index contributed by atoms with van der Waals surface area (Å²) in [5.74, 6) is -2.77. The first-order valence-electron chi connectivity index (χ1n) is 5.60. The molecule has 0 aromatic carbocycles. The minimum Gasteiger partial charge on any atom is -0.452 e. The highest BCUT2D eigenvalue weighted by atomic mass is 19.4. The van der Waals surface area contributed by atoms with Gasteiger partial charge in [0.25, 0.3) is 0 Å². The number of carbonyl (C=O) groups is 1. The molecule has 1 N–H and O–H groups in total. The summed E-state index contributed by atoms with van der Waals surface area (Å²) < 4.78 is 78.9. The number of hydrogen-bond donors (Lipinski definition) is 1. The van der Waals surface area contributed by atoms with Gasteiger partial charge in [0.2, 0.25) is 0 Å². The summed E-state index contributed by atoms with van der Waals surface area (Å²) in [6.45, 7) is 1.17. The Bertz CT molecular complexity index is 397. The SMILES string of the molecule is CC1(OC(=O)C(O)(C(F)(F)F)C(F)(F)F)C=CCCC1. The molecule has 3 nitrogen and oxygen atoms in total. The van der Waals surface area contributed by atoms with E-state index >= 15 is 0 Å². The molecule has 0 spiro atoms. The first kappa shape index (κ1) is 16.8. The number of rotatable bonds is 2. The molecule has 0 radical (unpaired) electrons. The van der Waals surface area contributed by atoms with Gasteiger partial charge in [-0.1, -0.05) is 6.08 Å². The second-order valence-corrected chi connectivity index (χ2v) is 4.70. The van der Waals surface area contributed by atoms with Crippen molar-refractivity contribution in [3.8, 4) is 0 Å². The normalized spacial score (nSPS) is 24.6. The average molecular weight is 306 g/mol. The van der Waals surface area contributed by atoms with Crippen molar-refractivity contribution in [3.63, 3.8) is 0 Å². The van der Waals surface area contributed by atoms with E-state index in [0.29, 0.717) is 12.8 Å². The lowest BCUT2D eigenvalue weighted by atomic mass is 9.92. The Morgan fingerprint density at radius 3 is 2.05 bits per heavy atom. The Morgan fingerprint density at radius 1 is 1.20 bits per heavy atom. The van der Waals surface area contributed by atoms with Crippen LogP contribution in [-0.4, -0.2) is 34.6 Å². The zero-order valence-corrected chi connectivity index (χ0v) is 10.3. The first-order chi connectivity index (χ1) is 8.83. The molecule has 1 aliphatic rings. The molecule has 20 heavy (non-hydrogen) atoms. The highest BCUT2D eigenvalue weighted by molar-refractivity contribution is 5.82. The van der Waals surface area contributed by atoms with E-state index in [-0.39, 0.29) is 6.42 Å². The van der Waals surface area contributed by atoms with Crippen molar-refractivity contribution in [1.29, 1.82) is 0 Å². The fraction of sp³-hybridized carbons (Fsp3) is 0.727. The van der Waals surface area contributed by atoms with E-state index in [1.807, 2.05) is 0 Å². The summed E-state index contributed by atoms with van der Waals surface area (Å²) in [6.07, 6.45) is -8.67. The fourth-order valence-corrected chi connectivity index (χ4v) is 1.75. The zero-order chi connectivity index (χ0) is 15.8. The van der Waals surface area contributed by atoms with Gasteiger partial charge in [-0.3, -0.25) is 0 Å². The summed E-state index contributed by atoms with van der Waals surface area (Å²) >= 11 is 0. The zero-order valence-electron chi connectivity index (χ0n) is 10.3. The van der Waals surface area contributed by atoms with Crippen LogP contribution >= 0.6 is 0 Å². The molecule has 1 rings (SSSR count). The number of esters is 1. The Hall–Kier alpha value is -1.25. The van der Waals surface area contributed by atoms with Crippen LogP contribution in [0.3, 0.4) is 0 Å². The number of allylic oxidation sites excluding steroid dienone is 1. The van der Waals surface area contributed by atoms with Crippen LogP contribution in [0.25, 0.3) is 0 Å². The van der Waals surface area contributed by atoms with Crippen molar-refractivity contribution in [2.45, 2.75) is 49.7 Å². The summed E-state index contributed by atoms with van der Waals surface area (Å²) in [5.41, 5.74) is -7.13. The maximum Gasteiger partial charge on any atom is 0.437 e. The Morgan fingerprint density at radius 2 is 1.70 bits per heavy atom. The summed E-state index contributed by atoms with van der Waals surface area (Å²) in [4.78, 5) is 11.3. The third kappa shape index (κ3) is 2.92. The van der Waals surface area contributed by atoms with Crippen LogP contribution in [0, 0.1) is 0 Å². The Labute approximate surface area is 110 Å². The third-order valence-electron chi connectivity index (χ3n) is 2.96. The van der Waals surface area contributed by atoms with E-state index in [9.17, 15) is 31.1 Å². The molecule has 1 unspecified atom stereocenters. The molecule has 1 aliphatic carbocycles. The first-order valence-corrected chi connectivity index (χ1v) is 5.60. The van der Waals surface area contributed by atoms with Crippen molar-refractivity contribution in [2.24, 2.45) is 0 Å². The van der Waals surface area contributed by atoms with Crippen LogP contribution in [0.1, 0.15) is 26.2 Å². The van der Waals surface area contributed by atoms with Crippen LogP contribution in [0.2, 0.25) is 0 Å². The van der Waals surface area contributed by atoms with Gasteiger partial charge in [0, 0.05) is 0 Å². The maximum absolute atomic E-state index is 12.4. The molecule has 0 saturated heterocycles. The number of hydrogen-bond acceptors (Lipinski definition) is 3. The van der Waals surface area contributed by atoms with Gasteiger partial charge in [0.1, 0.15) is 5.60 Å². The van der Waals surface area contributed by atoms with Gasteiger partial charge >= 0.3 is 23.9 Å². The van der Waals surface area contributed by atoms with Crippen LogP contribution in [0.4, 0.5) is 26.3 Å². The number of aliphatic hydroxyl groups is 1. The Kier molecular flexibility index (Phi) is 4.15. The van der Waals surface area contributed by atoms with Gasteiger partial charge in [-0.2, -0.15) is 26.3 Å². The highest BCUT2D eigenvalue weighted by Gasteiger charge is 2.77. The van der Waals surface area contributed by atoms with Crippen molar-refractivity contribution in [3.05, 3.63) is 12.2 Å². The fourth-order valence-electron chi connectivity index (χ4n) is 1.75. The minimum absolute atomic E-state index is 0.0705. The van der Waals surface area contributed by atoms with Gasteiger partial charge in [0.05, 0.1) is 0 Å². The van der Waals surface area contributed by atoms with Crippen molar-refractivity contribution in [1.82, 2.24) is 0 Å². The van der Waals surface area contributed by atoms with Crippen LogP contribution in [0.5, 0.6) is 0 Å². The topological polar surface area (TPSA) is 46.5 Å². The molecule has 116 valence electrons. The predicted octanol–water partition coefficient (Wildman–Crippen LogP) is 2.88. The molecule has 0 aromatic heterocycles. The van der Waals surface area contributed by atoms with E-state index in [2.05, 4.69) is 4.74 Å². The molecule has 0 aliphatic heterocycles. The van der Waals surface area contributed by atoms with E-state index < -0.39 is 29.5 Å². The summed E-state index contributed by atoms with van der Waals surface area (Å²) in [5, 5.41) is 8.85. The molecule has 0 fully saturated rings. The van der Waals surface area contributed by atoms with Gasteiger partial charge in [-0.05, 0) is 32.3 Å². The number of halogens is 6. The summed E-state index contributed by atoms with van der Waals surface area (Å²) in [7, 11) is 0. The van der Waals surface area contributed by atoms with Crippen molar-refractivity contribution >= 4 is 5.97 Å². The van der Waals surface area contributed by atoms with Crippen LogP contribution in [0.15, 0.2) is 12.2 Å². The van der Waals surface area contributed by atoms with Gasteiger partial charge in [-0.25, -0.2) is 4.79 Å². The highest BCUT2D eigenvalue weighted by Crippen LogP contribution is 2.44. The van der Waals surface area contributed by atoms with Crippen LogP contribution < -0.4 is 0 Å². The second kappa shape index (κ2) is 4.94. The molecule has 0 heterocycles. The molecule has 0 aromatic rings. The lowest BCUT2D eigenvalue weighted by Crippen LogP contribution is -2.64. The Balaban J connectivity index is 3.08. The molecular weight excluding hydrogens is 294 g/mol. The van der Waals surface area contributed by atoms with E-state index in [0.717, 1.165) is 0 Å². The molecule has 1 atom stereocenters. The van der Waals surface area contributed by atoms with Crippen molar-refractivity contribution in [2.75, 3.05) is 0 Å². The quantitative estimate of drug-likeness (QED) is 0.485. The standard InChI is InChI=1S/C11H12F6O3/c1-8(5-3-2-4-6-8)20-7(18)9(19,10(12,13)14)11(15,16)17/h3,5,19H,2,4,6H2,1H3. The third-order valence-corrected chi connectivity index (χ3v) is 2.96. The molecule has 0 saturated carbocycles. The van der Waals surface area contributed by atoms with Gasteiger partial charge in [-0.15, -0.1) is 0 Å². The monoisotopic (exact) mass is 306 g/mol. The summed E-state index contributed by atoms with van der Waals surface area (Å²) in [6, 6.07) is 0. The van der Waals surface area contributed by atoms with E-state index in [1.165, 1.54) is 19.1 Å². The maximum atomic E-state index is 12.4.